The number of benzene rings is 2. The Morgan fingerprint density at radius 2 is 1.81 bits per heavy atom. The van der Waals surface area contributed by atoms with Crippen LogP contribution in [0.5, 0.6) is 5.75 Å². The number of primary amides is 1. The van der Waals surface area contributed by atoms with Gasteiger partial charge in [-0.05, 0) is 31.5 Å². The molecule has 6 heteroatoms. The Bertz CT molecular complexity index is 807. The zero-order chi connectivity index (χ0) is 19.4. The van der Waals surface area contributed by atoms with Crippen molar-refractivity contribution in [2.75, 3.05) is 18.0 Å². The van der Waals surface area contributed by atoms with Gasteiger partial charge in [-0.3, -0.25) is 14.5 Å². The molecule has 1 aliphatic heterocycles. The third-order valence-corrected chi connectivity index (χ3v) is 4.69. The molecule has 3 rings (SSSR count). The molecule has 27 heavy (non-hydrogen) atoms. The van der Waals surface area contributed by atoms with Crippen LogP contribution in [0.15, 0.2) is 54.6 Å². The zero-order valence-corrected chi connectivity index (χ0v) is 15.7. The molecule has 1 heterocycles. The monoisotopic (exact) mass is 367 g/mol. The van der Waals surface area contributed by atoms with Gasteiger partial charge < -0.3 is 15.4 Å². The van der Waals surface area contributed by atoms with Gasteiger partial charge in [-0.2, -0.15) is 0 Å². The van der Waals surface area contributed by atoms with Gasteiger partial charge in [0.25, 0.3) is 5.91 Å². The summed E-state index contributed by atoms with van der Waals surface area (Å²) in [6.45, 7) is 5.18. The molecule has 1 aliphatic rings. The molecule has 0 aliphatic carbocycles. The Labute approximate surface area is 159 Å². The van der Waals surface area contributed by atoms with E-state index in [4.69, 9.17) is 10.5 Å². The van der Waals surface area contributed by atoms with E-state index in [1.807, 2.05) is 42.5 Å². The van der Waals surface area contributed by atoms with Crippen molar-refractivity contribution in [3.63, 3.8) is 0 Å². The van der Waals surface area contributed by atoms with Crippen LogP contribution < -0.4 is 15.4 Å². The number of carbonyl (C=O) groups excluding carboxylic acids is 2. The Morgan fingerprint density at radius 3 is 2.48 bits per heavy atom. The zero-order valence-electron chi connectivity index (χ0n) is 15.7. The first kappa shape index (κ1) is 18.9. The lowest BCUT2D eigenvalue weighted by Crippen LogP contribution is -2.52. The van der Waals surface area contributed by atoms with Crippen LogP contribution in [-0.4, -0.2) is 41.9 Å². The maximum atomic E-state index is 13.1. The van der Waals surface area contributed by atoms with Crippen molar-refractivity contribution in [3.8, 4) is 5.75 Å². The number of nitrogens with zero attached hydrogens (tertiary/aromatic N) is 2. The quantitative estimate of drug-likeness (QED) is 0.849. The number of rotatable bonds is 6. The van der Waals surface area contributed by atoms with Crippen molar-refractivity contribution in [3.05, 3.63) is 60.2 Å². The van der Waals surface area contributed by atoms with E-state index in [9.17, 15) is 9.59 Å². The minimum Gasteiger partial charge on any atom is -0.477 e. The molecular formula is C21H25N3O3. The van der Waals surface area contributed by atoms with Crippen LogP contribution in [0.3, 0.4) is 0 Å². The van der Waals surface area contributed by atoms with E-state index in [0.717, 1.165) is 5.56 Å². The van der Waals surface area contributed by atoms with Gasteiger partial charge in [0, 0.05) is 12.6 Å². The topological polar surface area (TPSA) is 75.9 Å². The fourth-order valence-electron chi connectivity index (χ4n) is 3.12. The van der Waals surface area contributed by atoms with E-state index < -0.39 is 12.0 Å². The summed E-state index contributed by atoms with van der Waals surface area (Å²) in [5, 5.41) is 0. The fraction of sp³-hybridized carbons (Fsp3) is 0.333. The second-order valence-corrected chi connectivity index (χ2v) is 6.97. The second-order valence-electron chi connectivity index (χ2n) is 6.97. The molecule has 0 saturated heterocycles. The summed E-state index contributed by atoms with van der Waals surface area (Å²) in [5.74, 6) is -0.158. The second kappa shape index (κ2) is 8.22. The first-order valence-electron chi connectivity index (χ1n) is 9.09. The molecular weight excluding hydrogens is 342 g/mol. The third-order valence-electron chi connectivity index (χ3n) is 4.69. The summed E-state index contributed by atoms with van der Waals surface area (Å²) < 4.78 is 5.64. The minimum atomic E-state index is -0.842. The van der Waals surface area contributed by atoms with Crippen LogP contribution >= 0.6 is 0 Å². The first-order chi connectivity index (χ1) is 13.0. The standard InChI is InChI=1S/C21H25N3O3/c1-15(2)23(12-16-8-4-3-5-9-16)14-20(25)24-13-19(21(22)26)27-18-11-7-6-10-17(18)24/h3-11,15,19H,12-14H2,1-2H3,(H2,22,26)/t19-/m1/s1. The van der Waals surface area contributed by atoms with Crippen molar-refractivity contribution < 1.29 is 14.3 Å². The van der Waals surface area contributed by atoms with Crippen LogP contribution in [0.25, 0.3) is 0 Å². The average Bonchev–Trinajstić information content (AvgIpc) is 2.67. The van der Waals surface area contributed by atoms with Crippen LogP contribution in [-0.2, 0) is 16.1 Å². The summed E-state index contributed by atoms with van der Waals surface area (Å²) in [6.07, 6.45) is -0.842. The largest absolute Gasteiger partial charge is 0.477 e. The number of hydrogen-bond donors (Lipinski definition) is 1. The van der Waals surface area contributed by atoms with Gasteiger partial charge in [-0.1, -0.05) is 42.5 Å². The highest BCUT2D eigenvalue weighted by Gasteiger charge is 2.33. The maximum Gasteiger partial charge on any atom is 0.260 e. The lowest BCUT2D eigenvalue weighted by molar-refractivity contribution is -0.125. The maximum absolute atomic E-state index is 13.1. The Hall–Kier alpha value is -2.86. The number of para-hydroxylation sites is 2. The van der Waals surface area contributed by atoms with E-state index in [1.165, 1.54) is 0 Å². The normalized spacial score (nSPS) is 16.1. The van der Waals surface area contributed by atoms with E-state index in [1.54, 1.807) is 17.0 Å². The molecule has 1 atom stereocenters. The number of nitrogens with two attached hydrogens (primary N) is 1. The van der Waals surface area contributed by atoms with Gasteiger partial charge in [-0.25, -0.2) is 0 Å². The molecule has 2 aromatic carbocycles. The number of anilines is 1. The van der Waals surface area contributed by atoms with Crippen LogP contribution in [0.1, 0.15) is 19.4 Å². The van der Waals surface area contributed by atoms with Gasteiger partial charge >= 0.3 is 0 Å². The number of carbonyl (C=O) groups is 2. The molecule has 142 valence electrons. The smallest absolute Gasteiger partial charge is 0.260 e. The van der Waals surface area contributed by atoms with Gasteiger partial charge in [0.15, 0.2) is 6.10 Å². The number of amides is 2. The van der Waals surface area contributed by atoms with Crippen molar-refractivity contribution in [1.29, 1.82) is 0 Å². The van der Waals surface area contributed by atoms with E-state index in [0.29, 0.717) is 18.0 Å². The highest BCUT2D eigenvalue weighted by atomic mass is 16.5. The fourth-order valence-corrected chi connectivity index (χ4v) is 3.12. The Balaban J connectivity index is 1.79. The molecule has 0 aromatic heterocycles. The average molecular weight is 367 g/mol. The SMILES string of the molecule is CC(C)N(CC(=O)N1C[C@H](C(N)=O)Oc2ccccc21)Cc1ccccc1. The predicted octanol–water partition coefficient (Wildman–Crippen LogP) is 2.18. The van der Waals surface area contributed by atoms with Gasteiger partial charge in [0.1, 0.15) is 5.75 Å². The van der Waals surface area contributed by atoms with Gasteiger partial charge in [0.05, 0.1) is 18.8 Å². The molecule has 0 saturated carbocycles. The molecule has 0 fully saturated rings. The number of hydrogen-bond acceptors (Lipinski definition) is 4. The van der Waals surface area contributed by atoms with Crippen molar-refractivity contribution in [2.45, 2.75) is 32.5 Å². The summed E-state index contributed by atoms with van der Waals surface area (Å²) >= 11 is 0. The third kappa shape index (κ3) is 4.46. The summed E-state index contributed by atoms with van der Waals surface area (Å²) in [6, 6.07) is 17.5. The highest BCUT2D eigenvalue weighted by molar-refractivity contribution is 5.98. The van der Waals surface area contributed by atoms with Gasteiger partial charge in [-0.15, -0.1) is 0 Å². The van der Waals surface area contributed by atoms with Crippen LogP contribution in [0.2, 0.25) is 0 Å². The molecule has 0 bridgehead atoms. The predicted molar refractivity (Wildman–Crippen MR) is 104 cm³/mol. The molecule has 0 spiro atoms. The molecule has 2 aromatic rings. The van der Waals surface area contributed by atoms with Crippen molar-refractivity contribution in [1.82, 2.24) is 4.90 Å². The van der Waals surface area contributed by atoms with Gasteiger partial charge in [0.2, 0.25) is 5.91 Å². The van der Waals surface area contributed by atoms with Crippen LogP contribution in [0.4, 0.5) is 5.69 Å². The molecule has 2 N–H and O–H groups in total. The number of fused-ring (bicyclic) bond motifs is 1. The molecule has 0 radical (unpaired) electrons. The summed E-state index contributed by atoms with van der Waals surface area (Å²) in [4.78, 5) is 28.5. The summed E-state index contributed by atoms with van der Waals surface area (Å²) in [5.41, 5.74) is 7.25. The Kier molecular flexibility index (Phi) is 5.76. The van der Waals surface area contributed by atoms with Crippen LogP contribution in [0, 0.1) is 0 Å². The first-order valence-corrected chi connectivity index (χ1v) is 9.09. The van der Waals surface area contributed by atoms with E-state index in [2.05, 4.69) is 18.7 Å². The van der Waals surface area contributed by atoms with E-state index >= 15 is 0 Å². The number of ether oxygens (including phenoxy) is 1. The highest BCUT2D eigenvalue weighted by Crippen LogP contribution is 2.33. The van der Waals surface area contributed by atoms with Crippen molar-refractivity contribution >= 4 is 17.5 Å². The molecule has 2 amide bonds. The lowest BCUT2D eigenvalue weighted by Gasteiger charge is -2.35. The molecule has 0 unspecified atom stereocenters. The molecule has 6 nitrogen and oxygen atoms in total. The minimum absolute atomic E-state index is 0.0818. The summed E-state index contributed by atoms with van der Waals surface area (Å²) in [7, 11) is 0. The van der Waals surface area contributed by atoms with Crippen molar-refractivity contribution in [2.24, 2.45) is 5.73 Å². The Morgan fingerprint density at radius 1 is 1.15 bits per heavy atom. The van der Waals surface area contributed by atoms with E-state index in [-0.39, 0.29) is 25.0 Å². The lowest BCUT2D eigenvalue weighted by atomic mass is 10.1.